The van der Waals surface area contributed by atoms with Crippen molar-refractivity contribution in [3.8, 4) is 28.5 Å². The van der Waals surface area contributed by atoms with E-state index in [9.17, 15) is 19.1 Å². The van der Waals surface area contributed by atoms with Gasteiger partial charge in [-0.1, -0.05) is 18.2 Å². The predicted octanol–water partition coefficient (Wildman–Crippen LogP) is 6.85. The van der Waals surface area contributed by atoms with Crippen LogP contribution in [0.2, 0.25) is 0 Å². The molecule has 1 fully saturated rings. The van der Waals surface area contributed by atoms with Crippen molar-refractivity contribution < 1.29 is 23.8 Å². The molecule has 2 aromatic carbocycles. The summed E-state index contributed by atoms with van der Waals surface area (Å²) in [5.41, 5.74) is 3.08. The molecule has 2 aromatic heterocycles. The van der Waals surface area contributed by atoms with Gasteiger partial charge < -0.3 is 20.5 Å². The highest BCUT2D eigenvalue weighted by molar-refractivity contribution is 7.09. The zero-order valence-corrected chi connectivity index (χ0v) is 27.6. The Kier molecular flexibility index (Phi) is 10.0. The molecule has 2 amide bonds. The molecule has 0 aliphatic heterocycles. The van der Waals surface area contributed by atoms with Crippen molar-refractivity contribution in [2.45, 2.75) is 77.5 Å². The van der Waals surface area contributed by atoms with Crippen LogP contribution in [-0.4, -0.2) is 56.5 Å². The lowest BCUT2D eigenvalue weighted by Crippen LogP contribution is -2.44. The minimum atomic E-state index is -0.647. The van der Waals surface area contributed by atoms with Gasteiger partial charge in [0.05, 0.1) is 11.2 Å². The molecule has 1 saturated carbocycles. The first-order valence-electron chi connectivity index (χ1n) is 15.4. The van der Waals surface area contributed by atoms with Gasteiger partial charge in [-0.25, -0.2) is 14.4 Å². The van der Waals surface area contributed by atoms with Gasteiger partial charge in [-0.05, 0) is 107 Å². The molecule has 5 rings (SSSR count). The molecule has 11 heteroatoms. The van der Waals surface area contributed by atoms with Crippen LogP contribution in [0.4, 0.5) is 4.39 Å². The van der Waals surface area contributed by atoms with Gasteiger partial charge in [0.25, 0.3) is 11.8 Å². The van der Waals surface area contributed by atoms with Gasteiger partial charge in [0, 0.05) is 29.5 Å². The number of rotatable bonds is 9. The van der Waals surface area contributed by atoms with Crippen molar-refractivity contribution in [1.29, 1.82) is 0 Å². The number of hydrogen-bond acceptors (Lipinski definition) is 8. The van der Waals surface area contributed by atoms with E-state index in [0.717, 1.165) is 34.0 Å². The summed E-state index contributed by atoms with van der Waals surface area (Å²) in [4.78, 5) is 36.4. The Balaban J connectivity index is 1.26. The molecule has 0 bridgehead atoms. The molecule has 0 spiro atoms. The number of thiazole rings is 1. The van der Waals surface area contributed by atoms with Crippen molar-refractivity contribution in [3.05, 3.63) is 87.8 Å². The number of hydrogen-bond donors (Lipinski definition) is 3. The molecular formula is C35H40FN5O4S. The molecule has 0 unspecified atom stereocenters. The van der Waals surface area contributed by atoms with Crippen LogP contribution in [0.1, 0.15) is 77.9 Å². The maximum atomic E-state index is 14.3. The van der Waals surface area contributed by atoms with Crippen LogP contribution in [-0.2, 0) is 6.54 Å². The number of amides is 2. The third-order valence-electron chi connectivity index (χ3n) is 8.31. The highest BCUT2D eigenvalue weighted by Gasteiger charge is 2.26. The molecule has 4 aromatic rings. The van der Waals surface area contributed by atoms with Crippen LogP contribution in [0.15, 0.2) is 60.1 Å². The highest BCUT2D eigenvalue weighted by atomic mass is 32.1. The van der Waals surface area contributed by atoms with Gasteiger partial charge in [0.15, 0.2) is 0 Å². The zero-order chi connectivity index (χ0) is 33.0. The van der Waals surface area contributed by atoms with Crippen molar-refractivity contribution in [1.82, 2.24) is 25.5 Å². The number of aromatic nitrogens is 2. The van der Waals surface area contributed by atoms with E-state index in [-0.39, 0.29) is 40.7 Å². The second-order valence-electron chi connectivity index (χ2n) is 12.8. The molecule has 9 nitrogen and oxygen atoms in total. The van der Waals surface area contributed by atoms with Crippen LogP contribution in [0.25, 0.3) is 11.1 Å². The van der Waals surface area contributed by atoms with Gasteiger partial charge in [-0.2, -0.15) is 0 Å². The number of pyridine rings is 1. The number of halogens is 1. The fourth-order valence-electron chi connectivity index (χ4n) is 5.37. The van der Waals surface area contributed by atoms with Crippen molar-refractivity contribution in [2.24, 2.45) is 0 Å². The summed E-state index contributed by atoms with van der Waals surface area (Å²) in [6.45, 7) is 8.86. The fourth-order valence-corrected chi connectivity index (χ4v) is 5.96. The SMILES string of the molecule is Cc1nc(C(=O)N[C@H]2CC[C@H](NC(=O)c3cc(F)cnc3Oc3cccc(-c4ccc(O)cc4CN(C)C(C)(C)C)c3)CC2)cs1. The summed E-state index contributed by atoms with van der Waals surface area (Å²) in [5.74, 6) is -0.702. The van der Waals surface area contributed by atoms with Crippen LogP contribution in [0.3, 0.4) is 0 Å². The van der Waals surface area contributed by atoms with Gasteiger partial charge in [0.2, 0.25) is 5.88 Å². The van der Waals surface area contributed by atoms with Crippen molar-refractivity contribution >= 4 is 23.2 Å². The fraction of sp³-hybridized carbons (Fsp3) is 0.371. The molecule has 1 aliphatic carbocycles. The third kappa shape index (κ3) is 8.27. The lowest BCUT2D eigenvalue weighted by Gasteiger charge is -2.32. The smallest absolute Gasteiger partial charge is 0.270 e. The molecule has 1 aliphatic rings. The van der Waals surface area contributed by atoms with Gasteiger partial charge in [0.1, 0.15) is 28.6 Å². The molecular weight excluding hydrogens is 605 g/mol. The summed E-state index contributed by atoms with van der Waals surface area (Å²) in [5, 5.41) is 18.8. The standard InChI is InChI=1S/C35H40FN5O4S/c1-21-38-31(20-46-21)33(44)40-26-11-9-25(10-12-26)39-32(43)30-17-24(36)18-37-34(30)45-28-8-6-7-22(16-28)29-14-13-27(42)15-23(29)19-41(5)35(2,3)4/h6-8,13-18,20,25-26,42H,9-12,19H2,1-5H3,(H,39,43)(H,40,44)/t25-,26-. The average Bonchev–Trinajstić information content (AvgIpc) is 3.45. The summed E-state index contributed by atoms with van der Waals surface area (Å²) >= 11 is 1.43. The topological polar surface area (TPSA) is 117 Å². The molecule has 2 heterocycles. The van der Waals surface area contributed by atoms with E-state index in [0.29, 0.717) is 43.7 Å². The normalized spacial score (nSPS) is 16.7. The molecule has 242 valence electrons. The van der Waals surface area contributed by atoms with Gasteiger partial charge >= 0.3 is 0 Å². The molecule has 46 heavy (non-hydrogen) atoms. The highest BCUT2D eigenvalue weighted by Crippen LogP contribution is 2.33. The quantitative estimate of drug-likeness (QED) is 0.182. The Morgan fingerprint density at radius 2 is 1.74 bits per heavy atom. The largest absolute Gasteiger partial charge is 0.508 e. The minimum Gasteiger partial charge on any atom is -0.508 e. The van der Waals surface area contributed by atoms with E-state index in [1.807, 2.05) is 38.2 Å². The zero-order valence-electron chi connectivity index (χ0n) is 26.8. The molecule has 0 atom stereocenters. The number of phenolic OH excluding ortho intramolecular Hbond substituents is 1. The van der Waals surface area contributed by atoms with Crippen LogP contribution in [0.5, 0.6) is 17.4 Å². The lowest BCUT2D eigenvalue weighted by molar-refractivity contribution is 0.0888. The number of nitrogens with zero attached hydrogens (tertiary/aromatic N) is 3. The predicted molar refractivity (Wildman–Crippen MR) is 177 cm³/mol. The Labute approximate surface area is 272 Å². The molecule has 0 radical (unpaired) electrons. The van der Waals surface area contributed by atoms with Crippen molar-refractivity contribution in [2.75, 3.05) is 7.05 Å². The van der Waals surface area contributed by atoms with E-state index in [2.05, 4.69) is 46.3 Å². The maximum absolute atomic E-state index is 14.3. The van der Waals surface area contributed by atoms with E-state index in [4.69, 9.17) is 4.74 Å². The van der Waals surface area contributed by atoms with Crippen LogP contribution < -0.4 is 15.4 Å². The van der Waals surface area contributed by atoms with Gasteiger partial charge in [-0.3, -0.25) is 14.5 Å². The first-order chi connectivity index (χ1) is 21.9. The number of carbonyl (C=O) groups excluding carboxylic acids is 2. The second kappa shape index (κ2) is 14.0. The number of benzene rings is 2. The number of phenols is 1. The third-order valence-corrected chi connectivity index (χ3v) is 9.09. The molecule has 3 N–H and O–H groups in total. The average molecular weight is 646 g/mol. The van der Waals surface area contributed by atoms with Crippen LogP contribution in [0, 0.1) is 12.7 Å². The summed E-state index contributed by atoms with van der Waals surface area (Å²) in [6.07, 6.45) is 3.73. The van der Waals surface area contributed by atoms with E-state index < -0.39 is 11.7 Å². The summed E-state index contributed by atoms with van der Waals surface area (Å²) < 4.78 is 20.4. The Hall–Kier alpha value is -4.35. The number of aryl methyl sites for hydroxylation is 1. The Morgan fingerprint density at radius 1 is 1.04 bits per heavy atom. The number of carbonyl (C=O) groups is 2. The van der Waals surface area contributed by atoms with E-state index in [1.165, 1.54) is 11.3 Å². The summed E-state index contributed by atoms with van der Waals surface area (Å²) in [7, 11) is 2.04. The Bertz CT molecular complexity index is 1710. The second-order valence-corrected chi connectivity index (χ2v) is 13.8. The minimum absolute atomic E-state index is 0.00291. The number of aromatic hydroxyl groups is 1. The first-order valence-corrected chi connectivity index (χ1v) is 16.2. The number of nitrogens with one attached hydrogen (secondary N) is 2. The monoisotopic (exact) mass is 645 g/mol. The maximum Gasteiger partial charge on any atom is 0.270 e. The first kappa shape index (κ1) is 33.0. The van der Waals surface area contributed by atoms with E-state index in [1.54, 1.807) is 23.6 Å². The van der Waals surface area contributed by atoms with Gasteiger partial charge in [-0.15, -0.1) is 11.3 Å². The lowest BCUT2D eigenvalue weighted by atomic mass is 9.91. The number of ether oxygens (including phenoxy) is 1. The molecule has 0 saturated heterocycles. The Morgan fingerprint density at radius 3 is 2.39 bits per heavy atom. The summed E-state index contributed by atoms with van der Waals surface area (Å²) in [6, 6.07) is 13.6. The van der Waals surface area contributed by atoms with Crippen molar-refractivity contribution in [3.63, 3.8) is 0 Å². The van der Waals surface area contributed by atoms with E-state index >= 15 is 0 Å². The van der Waals surface area contributed by atoms with Crippen LogP contribution >= 0.6 is 11.3 Å².